The number of rotatable bonds is 7. The van der Waals surface area contributed by atoms with Crippen LogP contribution < -0.4 is 5.32 Å². The lowest BCUT2D eigenvalue weighted by Crippen LogP contribution is -2.35. The van der Waals surface area contributed by atoms with Crippen LogP contribution in [0.25, 0.3) is 0 Å². The van der Waals surface area contributed by atoms with Crippen LogP contribution in [0.15, 0.2) is 23.1 Å². The molecule has 0 amide bonds. The Bertz CT molecular complexity index is 771. The first-order valence-corrected chi connectivity index (χ1v) is 11.0. The zero-order chi connectivity index (χ0) is 19.4. The van der Waals surface area contributed by atoms with E-state index in [-0.39, 0.29) is 22.7 Å². The van der Waals surface area contributed by atoms with E-state index in [1.54, 1.807) is 0 Å². The van der Waals surface area contributed by atoms with Gasteiger partial charge in [0.1, 0.15) is 5.69 Å². The lowest BCUT2D eigenvalue weighted by atomic mass is 10.0. The van der Waals surface area contributed by atoms with E-state index in [0.29, 0.717) is 25.4 Å². The Morgan fingerprint density at radius 2 is 2.04 bits per heavy atom. The average Bonchev–Trinajstić information content (AvgIpc) is 3.21. The molecule has 0 bridgehead atoms. The Labute approximate surface area is 160 Å². The summed E-state index contributed by atoms with van der Waals surface area (Å²) in [7, 11) is -3.71. The molecule has 3 rings (SSSR count). The summed E-state index contributed by atoms with van der Waals surface area (Å²) in [5, 5.41) is 14.8. The van der Waals surface area contributed by atoms with Crippen molar-refractivity contribution in [3.63, 3.8) is 0 Å². The molecule has 2 fully saturated rings. The van der Waals surface area contributed by atoms with Gasteiger partial charge in [0, 0.05) is 25.8 Å². The van der Waals surface area contributed by atoms with Crippen LogP contribution in [0.1, 0.15) is 45.4 Å². The molecular weight excluding hydrogens is 370 g/mol. The molecule has 9 heteroatoms. The molecule has 1 aromatic carbocycles. The monoisotopic (exact) mass is 397 g/mol. The number of hydrogen-bond donors (Lipinski definition) is 1. The van der Waals surface area contributed by atoms with Crippen molar-refractivity contribution in [2.24, 2.45) is 0 Å². The highest BCUT2D eigenvalue weighted by atomic mass is 32.2. The standard InChI is InChI=1S/C18H27N3O5S/c1-2-15(18-7-6-12-26-18)19-16-9-8-14(13-17(16)21(22)23)27(24,25)20-10-4-3-5-11-20/h8-9,13,15,18-19H,2-7,10-12H2,1H3. The normalized spacial score (nSPS) is 22.5. The molecule has 27 heavy (non-hydrogen) atoms. The summed E-state index contributed by atoms with van der Waals surface area (Å²) in [6.45, 7) is 3.64. The number of hydrogen-bond acceptors (Lipinski definition) is 6. The van der Waals surface area contributed by atoms with Crippen LogP contribution in [0.5, 0.6) is 0 Å². The molecule has 1 aromatic rings. The van der Waals surface area contributed by atoms with E-state index in [1.165, 1.54) is 22.5 Å². The van der Waals surface area contributed by atoms with Crippen molar-refractivity contribution in [1.82, 2.24) is 4.31 Å². The van der Waals surface area contributed by atoms with Gasteiger partial charge in [-0.2, -0.15) is 4.31 Å². The minimum Gasteiger partial charge on any atom is -0.376 e. The molecule has 0 radical (unpaired) electrons. The number of nitrogens with zero attached hydrogens (tertiary/aromatic N) is 2. The minimum atomic E-state index is -3.71. The second-order valence-corrected chi connectivity index (χ2v) is 9.05. The molecule has 0 saturated carbocycles. The molecule has 2 heterocycles. The smallest absolute Gasteiger partial charge is 0.293 e. The molecule has 2 saturated heterocycles. The second-order valence-electron chi connectivity index (χ2n) is 7.11. The lowest BCUT2D eigenvalue weighted by molar-refractivity contribution is -0.384. The van der Waals surface area contributed by atoms with Crippen LogP contribution in [0.4, 0.5) is 11.4 Å². The first kappa shape index (κ1) is 20.0. The van der Waals surface area contributed by atoms with Gasteiger partial charge >= 0.3 is 0 Å². The van der Waals surface area contributed by atoms with Crippen molar-refractivity contribution in [3.05, 3.63) is 28.3 Å². The van der Waals surface area contributed by atoms with Gasteiger partial charge in [-0.3, -0.25) is 10.1 Å². The molecule has 1 N–H and O–H groups in total. The summed E-state index contributed by atoms with van der Waals surface area (Å²) in [5.41, 5.74) is 0.115. The van der Waals surface area contributed by atoms with E-state index in [4.69, 9.17) is 4.74 Å². The Balaban J connectivity index is 1.87. The van der Waals surface area contributed by atoms with Crippen LogP contribution >= 0.6 is 0 Å². The first-order valence-electron chi connectivity index (χ1n) is 9.60. The van der Waals surface area contributed by atoms with E-state index < -0.39 is 14.9 Å². The molecular formula is C18H27N3O5S. The van der Waals surface area contributed by atoms with Crippen LogP contribution in [-0.4, -0.2) is 49.5 Å². The summed E-state index contributed by atoms with van der Waals surface area (Å²) in [4.78, 5) is 11.0. The van der Waals surface area contributed by atoms with Crippen LogP contribution in [-0.2, 0) is 14.8 Å². The zero-order valence-corrected chi connectivity index (χ0v) is 16.4. The fourth-order valence-electron chi connectivity index (χ4n) is 3.78. The van der Waals surface area contributed by atoms with Crippen molar-refractivity contribution in [1.29, 1.82) is 0 Å². The highest BCUT2D eigenvalue weighted by Gasteiger charge is 2.30. The number of benzene rings is 1. The number of nitrogens with one attached hydrogen (secondary N) is 1. The quantitative estimate of drug-likeness (QED) is 0.560. The molecule has 2 aliphatic rings. The SMILES string of the molecule is CCC(Nc1ccc(S(=O)(=O)N2CCCCC2)cc1[N+](=O)[O-])C1CCCO1. The lowest BCUT2D eigenvalue weighted by Gasteiger charge is -2.26. The molecule has 8 nitrogen and oxygen atoms in total. The van der Waals surface area contributed by atoms with E-state index in [9.17, 15) is 18.5 Å². The van der Waals surface area contributed by atoms with Gasteiger partial charge < -0.3 is 10.1 Å². The number of anilines is 1. The number of nitro groups is 1. The Morgan fingerprint density at radius 3 is 2.63 bits per heavy atom. The van der Waals surface area contributed by atoms with Crippen molar-refractivity contribution in [3.8, 4) is 0 Å². The van der Waals surface area contributed by atoms with E-state index in [2.05, 4.69) is 5.32 Å². The largest absolute Gasteiger partial charge is 0.376 e. The van der Waals surface area contributed by atoms with Crippen molar-refractivity contribution in [2.45, 2.75) is 62.5 Å². The van der Waals surface area contributed by atoms with Gasteiger partial charge in [0.2, 0.25) is 10.0 Å². The summed E-state index contributed by atoms with van der Waals surface area (Å²) in [5.74, 6) is 0. The number of sulfonamides is 1. The summed E-state index contributed by atoms with van der Waals surface area (Å²) >= 11 is 0. The molecule has 150 valence electrons. The summed E-state index contributed by atoms with van der Waals surface area (Å²) in [6, 6.07) is 4.10. The van der Waals surface area contributed by atoms with Gasteiger partial charge in [0.05, 0.1) is 22.0 Å². The highest BCUT2D eigenvalue weighted by molar-refractivity contribution is 7.89. The highest BCUT2D eigenvalue weighted by Crippen LogP contribution is 2.32. The number of ether oxygens (including phenoxy) is 1. The zero-order valence-electron chi connectivity index (χ0n) is 15.6. The van der Waals surface area contributed by atoms with E-state index in [1.807, 2.05) is 6.92 Å². The molecule has 0 aromatic heterocycles. The van der Waals surface area contributed by atoms with E-state index in [0.717, 1.165) is 38.5 Å². The Hall–Kier alpha value is -1.71. The Morgan fingerprint density at radius 1 is 1.30 bits per heavy atom. The average molecular weight is 397 g/mol. The van der Waals surface area contributed by atoms with Crippen molar-refractivity contribution in [2.75, 3.05) is 25.0 Å². The van der Waals surface area contributed by atoms with Crippen LogP contribution in [0, 0.1) is 10.1 Å². The van der Waals surface area contributed by atoms with Crippen molar-refractivity contribution >= 4 is 21.4 Å². The molecule has 2 atom stereocenters. The predicted molar refractivity (Wildman–Crippen MR) is 102 cm³/mol. The molecule has 2 unspecified atom stereocenters. The number of nitro benzene ring substituents is 1. The minimum absolute atomic E-state index is 0.0198. The fourth-order valence-corrected chi connectivity index (χ4v) is 5.31. The van der Waals surface area contributed by atoms with Crippen LogP contribution in [0.3, 0.4) is 0 Å². The maximum atomic E-state index is 12.8. The van der Waals surface area contributed by atoms with Gasteiger partial charge in [0.25, 0.3) is 5.69 Å². The number of piperidine rings is 1. The van der Waals surface area contributed by atoms with Gasteiger partial charge in [-0.25, -0.2) is 8.42 Å². The van der Waals surface area contributed by atoms with E-state index >= 15 is 0 Å². The summed E-state index contributed by atoms with van der Waals surface area (Å²) in [6.07, 6.45) is 5.33. The van der Waals surface area contributed by atoms with Gasteiger partial charge in [-0.1, -0.05) is 13.3 Å². The molecule has 0 aliphatic carbocycles. The maximum Gasteiger partial charge on any atom is 0.293 e. The second kappa shape index (κ2) is 8.53. The molecule has 0 spiro atoms. The fraction of sp³-hybridized carbons (Fsp3) is 0.667. The first-order chi connectivity index (χ1) is 12.9. The van der Waals surface area contributed by atoms with Crippen LogP contribution in [0.2, 0.25) is 0 Å². The van der Waals surface area contributed by atoms with Gasteiger partial charge in [-0.05, 0) is 44.2 Å². The topological polar surface area (TPSA) is 102 Å². The van der Waals surface area contributed by atoms with Gasteiger partial charge in [0.15, 0.2) is 0 Å². The third-order valence-electron chi connectivity index (χ3n) is 5.31. The third kappa shape index (κ3) is 4.41. The van der Waals surface area contributed by atoms with Crippen molar-refractivity contribution < 1.29 is 18.1 Å². The summed E-state index contributed by atoms with van der Waals surface area (Å²) < 4.78 is 32.8. The molecule has 2 aliphatic heterocycles. The maximum absolute atomic E-state index is 12.8. The Kier molecular flexibility index (Phi) is 6.33. The van der Waals surface area contributed by atoms with Gasteiger partial charge in [-0.15, -0.1) is 0 Å². The predicted octanol–water partition coefficient (Wildman–Crippen LogP) is 3.14. The third-order valence-corrected chi connectivity index (χ3v) is 7.21.